The lowest BCUT2D eigenvalue weighted by atomic mass is 9.76. The maximum absolute atomic E-state index is 12.5. The Hall–Kier alpha value is -1.59. The number of benzene rings is 1. The largest absolute Gasteiger partial charge is 0.507 e. The van der Waals surface area contributed by atoms with E-state index in [2.05, 4.69) is 81.4 Å². The second kappa shape index (κ2) is 19.6. The van der Waals surface area contributed by atoms with Gasteiger partial charge in [-0.2, -0.15) is 0 Å². The Morgan fingerprint density at radius 3 is 1.55 bits per heavy atom. The number of unbranched alkanes of at least 4 members (excludes halogenated alkanes) is 14. The Balaban J connectivity index is 1.67. The van der Waals surface area contributed by atoms with E-state index < -0.39 is 0 Å². The van der Waals surface area contributed by atoms with Crippen LogP contribution in [0.5, 0.6) is 5.75 Å². The molecule has 1 aromatic carbocycles. The van der Waals surface area contributed by atoms with E-state index in [-0.39, 0.29) is 33.9 Å². The number of esters is 1. The standard InChI is InChI=1S/C42H74O5/c1-11-12-13-14-15-16-17-18-19-20-21-22-23-24-25-26-36(43)45-30-42(10)31-46-38(47-32-42)41(8,9)29-33-27-34(39(2,3)4)37(44)35(28-33)40(5,6)7/h27-28,38,44H,11-26,29-32H2,1-10H3. The molecule has 0 aromatic heterocycles. The molecule has 1 aromatic rings. The van der Waals surface area contributed by atoms with Gasteiger partial charge in [0, 0.05) is 17.3 Å². The average molecular weight is 659 g/mol. The molecule has 0 spiro atoms. The topological polar surface area (TPSA) is 65.0 Å². The Bertz CT molecular complexity index is 1000. The Kier molecular flexibility index (Phi) is 17.3. The highest BCUT2D eigenvalue weighted by molar-refractivity contribution is 5.69. The van der Waals surface area contributed by atoms with E-state index in [0.717, 1.165) is 30.4 Å². The molecule has 272 valence electrons. The van der Waals surface area contributed by atoms with Crippen molar-refractivity contribution in [3.63, 3.8) is 0 Å². The van der Waals surface area contributed by atoms with Gasteiger partial charge in [0.25, 0.3) is 0 Å². The zero-order valence-corrected chi connectivity index (χ0v) is 32.5. The molecule has 1 aliphatic heterocycles. The fraction of sp³-hybridized carbons (Fsp3) is 0.833. The molecule has 0 amide bonds. The van der Waals surface area contributed by atoms with Gasteiger partial charge in [-0.15, -0.1) is 0 Å². The van der Waals surface area contributed by atoms with E-state index in [1.807, 2.05) is 0 Å². The summed E-state index contributed by atoms with van der Waals surface area (Å²) in [5.41, 5.74) is 2.14. The molecular weight excluding hydrogens is 584 g/mol. The van der Waals surface area contributed by atoms with Gasteiger partial charge in [-0.25, -0.2) is 0 Å². The molecule has 0 radical (unpaired) electrons. The molecule has 2 rings (SSSR count). The van der Waals surface area contributed by atoms with E-state index >= 15 is 0 Å². The van der Waals surface area contributed by atoms with Crippen LogP contribution in [0.3, 0.4) is 0 Å². The van der Waals surface area contributed by atoms with Crippen molar-refractivity contribution < 1.29 is 24.1 Å². The lowest BCUT2D eigenvalue weighted by Crippen LogP contribution is -2.48. The third-order valence-corrected chi connectivity index (χ3v) is 9.82. The number of hydrogen-bond donors (Lipinski definition) is 1. The molecule has 1 aliphatic rings. The molecule has 1 N–H and O–H groups in total. The van der Waals surface area contributed by atoms with E-state index in [1.165, 1.54) is 89.0 Å². The van der Waals surface area contributed by atoms with Crippen LogP contribution in [-0.2, 0) is 36.3 Å². The van der Waals surface area contributed by atoms with Gasteiger partial charge in [-0.3, -0.25) is 4.79 Å². The minimum Gasteiger partial charge on any atom is -0.507 e. The summed E-state index contributed by atoms with van der Waals surface area (Å²) < 4.78 is 18.3. The molecule has 1 heterocycles. The fourth-order valence-corrected chi connectivity index (χ4v) is 6.69. The molecule has 5 nitrogen and oxygen atoms in total. The molecule has 47 heavy (non-hydrogen) atoms. The average Bonchev–Trinajstić information content (AvgIpc) is 2.98. The van der Waals surface area contributed by atoms with Crippen LogP contribution >= 0.6 is 0 Å². The zero-order valence-electron chi connectivity index (χ0n) is 32.5. The third-order valence-electron chi connectivity index (χ3n) is 9.82. The predicted octanol–water partition coefficient (Wildman–Crippen LogP) is 11.7. The summed E-state index contributed by atoms with van der Waals surface area (Å²) in [4.78, 5) is 12.5. The van der Waals surface area contributed by atoms with Crippen LogP contribution in [0.2, 0.25) is 0 Å². The van der Waals surface area contributed by atoms with Gasteiger partial charge >= 0.3 is 5.97 Å². The van der Waals surface area contributed by atoms with Crippen LogP contribution < -0.4 is 0 Å². The molecule has 0 saturated carbocycles. The second-order valence-electron chi connectivity index (χ2n) is 17.8. The van der Waals surface area contributed by atoms with Crippen molar-refractivity contribution in [1.29, 1.82) is 0 Å². The molecule has 1 fully saturated rings. The maximum atomic E-state index is 12.5. The van der Waals surface area contributed by atoms with Gasteiger partial charge in [0.2, 0.25) is 0 Å². The fourth-order valence-electron chi connectivity index (χ4n) is 6.69. The Labute approximate surface area is 290 Å². The van der Waals surface area contributed by atoms with Gasteiger partial charge in [-0.1, -0.05) is 171 Å². The number of carbonyl (C=O) groups excluding carboxylic acids is 1. The van der Waals surface area contributed by atoms with Crippen molar-refractivity contribution in [2.24, 2.45) is 10.8 Å². The molecule has 1 saturated heterocycles. The zero-order chi connectivity index (χ0) is 35.1. The SMILES string of the molecule is CCCCCCCCCCCCCCCCCC(=O)OCC1(C)COC(C(C)(C)Cc2cc(C(C)(C)C)c(O)c(C(C)(C)C)c2)OC1. The number of rotatable bonds is 21. The Morgan fingerprint density at radius 2 is 1.15 bits per heavy atom. The lowest BCUT2D eigenvalue weighted by molar-refractivity contribution is -0.271. The highest BCUT2D eigenvalue weighted by Crippen LogP contribution is 2.42. The van der Waals surface area contributed by atoms with Crippen LogP contribution in [0.15, 0.2) is 12.1 Å². The first-order valence-corrected chi connectivity index (χ1v) is 19.2. The van der Waals surface area contributed by atoms with E-state index in [0.29, 0.717) is 32.0 Å². The van der Waals surface area contributed by atoms with Crippen LogP contribution in [0.4, 0.5) is 0 Å². The molecule has 0 bridgehead atoms. The monoisotopic (exact) mass is 659 g/mol. The molecule has 0 aliphatic carbocycles. The van der Waals surface area contributed by atoms with Crippen molar-refractivity contribution in [2.45, 2.75) is 196 Å². The third kappa shape index (κ3) is 15.2. The highest BCUT2D eigenvalue weighted by atomic mass is 16.7. The van der Waals surface area contributed by atoms with Crippen LogP contribution in [0.25, 0.3) is 0 Å². The summed E-state index contributed by atoms with van der Waals surface area (Å²) in [5.74, 6) is 0.293. The molecule has 5 heteroatoms. The van der Waals surface area contributed by atoms with Gasteiger partial charge < -0.3 is 19.3 Å². The van der Waals surface area contributed by atoms with Gasteiger partial charge in [0.15, 0.2) is 6.29 Å². The van der Waals surface area contributed by atoms with Crippen molar-refractivity contribution in [3.05, 3.63) is 28.8 Å². The summed E-state index contributed by atoms with van der Waals surface area (Å²) >= 11 is 0. The Morgan fingerprint density at radius 1 is 0.745 bits per heavy atom. The summed E-state index contributed by atoms with van der Waals surface area (Å²) in [6, 6.07) is 4.30. The van der Waals surface area contributed by atoms with Crippen molar-refractivity contribution in [2.75, 3.05) is 19.8 Å². The highest BCUT2D eigenvalue weighted by Gasteiger charge is 2.41. The lowest BCUT2D eigenvalue weighted by Gasteiger charge is -2.43. The summed E-state index contributed by atoms with van der Waals surface area (Å²) in [5, 5.41) is 11.1. The first-order chi connectivity index (χ1) is 22.0. The van der Waals surface area contributed by atoms with E-state index in [9.17, 15) is 9.90 Å². The number of phenolic OH excluding ortho intramolecular Hbond substituents is 1. The first kappa shape index (κ1) is 41.6. The van der Waals surface area contributed by atoms with Crippen molar-refractivity contribution in [1.82, 2.24) is 0 Å². The molecule has 0 unspecified atom stereocenters. The predicted molar refractivity (Wildman–Crippen MR) is 197 cm³/mol. The summed E-state index contributed by atoms with van der Waals surface area (Å²) in [7, 11) is 0. The van der Waals surface area contributed by atoms with Crippen LogP contribution in [-0.4, -0.2) is 37.2 Å². The van der Waals surface area contributed by atoms with Gasteiger partial charge in [-0.05, 0) is 40.4 Å². The quantitative estimate of drug-likeness (QED) is 0.105. The normalized spacial score (nSPS) is 19.2. The van der Waals surface area contributed by atoms with E-state index in [4.69, 9.17) is 14.2 Å². The molecule has 0 atom stereocenters. The van der Waals surface area contributed by atoms with Crippen molar-refractivity contribution in [3.8, 4) is 5.75 Å². The van der Waals surface area contributed by atoms with E-state index in [1.54, 1.807) is 0 Å². The minimum atomic E-state index is -0.364. The maximum Gasteiger partial charge on any atom is 0.305 e. The van der Waals surface area contributed by atoms with Crippen LogP contribution in [0, 0.1) is 10.8 Å². The van der Waals surface area contributed by atoms with Crippen molar-refractivity contribution >= 4 is 5.97 Å². The molecular formula is C42H74O5. The van der Waals surface area contributed by atoms with Gasteiger partial charge in [0.05, 0.1) is 13.2 Å². The minimum absolute atomic E-state index is 0.111. The van der Waals surface area contributed by atoms with Gasteiger partial charge in [0.1, 0.15) is 12.4 Å². The summed E-state index contributed by atoms with van der Waals surface area (Å²) in [6.07, 6.45) is 20.6. The second-order valence-corrected chi connectivity index (χ2v) is 17.8. The smallest absolute Gasteiger partial charge is 0.305 e. The number of carbonyl (C=O) groups is 1. The summed E-state index contributed by atoms with van der Waals surface area (Å²) in [6.45, 7) is 22.9. The first-order valence-electron chi connectivity index (χ1n) is 19.2. The number of hydrogen-bond acceptors (Lipinski definition) is 5. The number of ether oxygens (including phenoxy) is 3. The van der Waals surface area contributed by atoms with Crippen LogP contribution in [0.1, 0.15) is 189 Å². The number of aromatic hydroxyl groups is 1. The number of phenols is 1.